The zero-order valence-electron chi connectivity index (χ0n) is 12.9. The normalized spacial score (nSPS) is 23.9. The molecule has 0 saturated carbocycles. The van der Waals surface area contributed by atoms with Crippen molar-refractivity contribution in [3.05, 3.63) is 52.3 Å². The van der Waals surface area contributed by atoms with Crippen LogP contribution >= 0.6 is 0 Å². The van der Waals surface area contributed by atoms with Gasteiger partial charge in [-0.25, -0.2) is 0 Å². The number of nitrogens with zero attached hydrogens (tertiary/aromatic N) is 2. The van der Waals surface area contributed by atoms with E-state index < -0.39 is 0 Å². The highest BCUT2D eigenvalue weighted by Crippen LogP contribution is 2.37. The summed E-state index contributed by atoms with van der Waals surface area (Å²) in [6.45, 7) is 2.19. The maximum atomic E-state index is 4.46. The number of fused-ring (bicyclic) bond motifs is 2. The molecule has 0 radical (unpaired) electrons. The van der Waals surface area contributed by atoms with Crippen LogP contribution in [0.3, 0.4) is 0 Å². The Morgan fingerprint density at radius 2 is 2.00 bits per heavy atom. The molecule has 0 bridgehead atoms. The highest BCUT2D eigenvalue weighted by Gasteiger charge is 2.29. The second kappa shape index (κ2) is 4.99. The van der Waals surface area contributed by atoms with Crippen LogP contribution in [0.5, 0.6) is 0 Å². The molecule has 2 aromatic rings. The fourth-order valence-corrected chi connectivity index (χ4v) is 4.02. The van der Waals surface area contributed by atoms with E-state index >= 15 is 0 Å². The highest BCUT2D eigenvalue weighted by molar-refractivity contribution is 5.38. The molecule has 1 aromatic carbocycles. The molecule has 0 aliphatic heterocycles. The van der Waals surface area contributed by atoms with Gasteiger partial charge in [0.1, 0.15) is 0 Å². The van der Waals surface area contributed by atoms with Crippen LogP contribution in [0.2, 0.25) is 0 Å². The number of hydrogen-bond donors (Lipinski definition) is 1. The zero-order valence-corrected chi connectivity index (χ0v) is 12.9. The van der Waals surface area contributed by atoms with Crippen LogP contribution in [-0.4, -0.2) is 9.78 Å². The minimum absolute atomic E-state index is 0.471. The molecule has 2 atom stereocenters. The van der Waals surface area contributed by atoms with E-state index in [1.807, 2.05) is 0 Å². The van der Waals surface area contributed by atoms with Gasteiger partial charge in [-0.3, -0.25) is 4.68 Å². The number of aryl methyl sites for hydroxylation is 3. The van der Waals surface area contributed by atoms with Gasteiger partial charge in [0.15, 0.2) is 0 Å². The van der Waals surface area contributed by atoms with Crippen molar-refractivity contribution in [2.24, 2.45) is 7.05 Å². The largest absolute Gasteiger partial charge is 0.303 e. The molecule has 110 valence electrons. The van der Waals surface area contributed by atoms with Crippen molar-refractivity contribution in [2.45, 2.75) is 51.1 Å². The van der Waals surface area contributed by atoms with Gasteiger partial charge in [0, 0.05) is 30.4 Å². The summed E-state index contributed by atoms with van der Waals surface area (Å²) in [6, 6.07) is 7.89. The van der Waals surface area contributed by atoms with Crippen molar-refractivity contribution < 1.29 is 0 Å². The fraction of sp³-hybridized carbons (Fsp3) is 0.500. The predicted molar refractivity (Wildman–Crippen MR) is 84.3 cm³/mol. The van der Waals surface area contributed by atoms with E-state index in [1.54, 1.807) is 0 Å². The average Bonchev–Trinajstić information content (AvgIpc) is 3.05. The Morgan fingerprint density at radius 1 is 1.14 bits per heavy atom. The molecular weight excluding hydrogens is 258 g/mol. The van der Waals surface area contributed by atoms with Crippen molar-refractivity contribution in [1.82, 2.24) is 15.1 Å². The van der Waals surface area contributed by atoms with Gasteiger partial charge in [-0.15, -0.1) is 0 Å². The Labute approximate surface area is 126 Å². The van der Waals surface area contributed by atoms with Crippen molar-refractivity contribution in [3.63, 3.8) is 0 Å². The average molecular weight is 281 g/mol. The molecule has 0 spiro atoms. The highest BCUT2D eigenvalue weighted by atomic mass is 15.3. The first-order valence-electron chi connectivity index (χ1n) is 8.08. The van der Waals surface area contributed by atoms with Crippen molar-refractivity contribution in [2.75, 3.05) is 0 Å². The Morgan fingerprint density at radius 3 is 2.90 bits per heavy atom. The Balaban J connectivity index is 1.60. The summed E-state index contributed by atoms with van der Waals surface area (Å²) >= 11 is 0. The summed E-state index contributed by atoms with van der Waals surface area (Å²) < 4.78 is 2.05. The van der Waals surface area contributed by atoms with Crippen molar-refractivity contribution in [3.8, 4) is 0 Å². The second-order valence-corrected chi connectivity index (χ2v) is 6.58. The van der Waals surface area contributed by atoms with Gasteiger partial charge in [-0.2, -0.15) is 5.10 Å². The van der Waals surface area contributed by atoms with E-state index in [0.29, 0.717) is 12.1 Å². The van der Waals surface area contributed by atoms with Gasteiger partial charge in [-0.05, 0) is 50.2 Å². The van der Waals surface area contributed by atoms with Gasteiger partial charge in [0.05, 0.1) is 6.20 Å². The summed E-state index contributed by atoms with van der Waals surface area (Å²) in [4.78, 5) is 0. The first kappa shape index (κ1) is 13.1. The monoisotopic (exact) mass is 281 g/mol. The zero-order chi connectivity index (χ0) is 14.4. The standard InChI is InChI=1S/C18H23N3/c1-12-6-7-13-8-9-17(14(13)10-12)20-16-4-3-5-18-15(16)11-19-21(18)2/h6-7,10-11,16-17,20H,3-5,8-9H2,1-2H3. The van der Waals surface area contributed by atoms with Crippen molar-refractivity contribution >= 4 is 0 Å². The Kier molecular flexibility index (Phi) is 3.11. The smallest absolute Gasteiger partial charge is 0.0540 e. The molecule has 1 aromatic heterocycles. The summed E-state index contributed by atoms with van der Waals surface area (Å²) in [5.41, 5.74) is 7.26. The number of hydrogen-bond acceptors (Lipinski definition) is 2. The second-order valence-electron chi connectivity index (χ2n) is 6.58. The van der Waals surface area contributed by atoms with Crippen LogP contribution in [0.15, 0.2) is 24.4 Å². The van der Waals surface area contributed by atoms with Crippen LogP contribution in [0, 0.1) is 6.92 Å². The van der Waals surface area contributed by atoms with Gasteiger partial charge in [-0.1, -0.05) is 23.8 Å². The summed E-state index contributed by atoms with van der Waals surface area (Å²) in [7, 11) is 2.06. The number of rotatable bonds is 2. The lowest BCUT2D eigenvalue weighted by molar-refractivity contribution is 0.395. The molecule has 1 heterocycles. The van der Waals surface area contributed by atoms with Crippen LogP contribution in [0.25, 0.3) is 0 Å². The van der Waals surface area contributed by atoms with Gasteiger partial charge in [0.2, 0.25) is 0 Å². The van der Waals surface area contributed by atoms with Gasteiger partial charge < -0.3 is 5.32 Å². The van der Waals surface area contributed by atoms with Crippen molar-refractivity contribution in [1.29, 1.82) is 0 Å². The summed E-state index contributed by atoms with van der Waals surface area (Å²) in [5.74, 6) is 0. The topological polar surface area (TPSA) is 29.9 Å². The Hall–Kier alpha value is -1.61. The third-order valence-electron chi connectivity index (χ3n) is 5.16. The molecule has 3 nitrogen and oxygen atoms in total. The number of nitrogens with one attached hydrogen (secondary N) is 1. The first-order chi connectivity index (χ1) is 10.2. The SMILES string of the molecule is Cc1ccc2c(c1)C(NC1CCCc3c1cnn3C)CC2. The molecular formula is C18H23N3. The van der Waals surface area contributed by atoms with E-state index in [9.17, 15) is 0 Å². The lowest BCUT2D eigenvalue weighted by Crippen LogP contribution is -2.28. The molecule has 0 saturated heterocycles. The molecule has 21 heavy (non-hydrogen) atoms. The summed E-state index contributed by atoms with van der Waals surface area (Å²) in [6.07, 6.45) is 8.17. The lowest BCUT2D eigenvalue weighted by Gasteiger charge is -2.27. The van der Waals surface area contributed by atoms with E-state index in [4.69, 9.17) is 0 Å². The third-order valence-corrected chi connectivity index (χ3v) is 5.16. The van der Waals surface area contributed by atoms with Crippen LogP contribution in [0.1, 0.15) is 59.3 Å². The minimum Gasteiger partial charge on any atom is -0.303 e. The molecule has 0 fully saturated rings. The maximum Gasteiger partial charge on any atom is 0.0540 e. The minimum atomic E-state index is 0.471. The third kappa shape index (κ3) is 2.20. The summed E-state index contributed by atoms with van der Waals surface area (Å²) in [5, 5.41) is 8.38. The van der Waals surface area contributed by atoms with E-state index in [1.165, 1.54) is 60.1 Å². The molecule has 2 aliphatic carbocycles. The Bertz CT molecular complexity index is 671. The molecule has 4 rings (SSSR count). The van der Waals surface area contributed by atoms with Crippen LogP contribution < -0.4 is 5.32 Å². The fourth-order valence-electron chi connectivity index (χ4n) is 4.02. The molecule has 2 aliphatic rings. The van der Waals surface area contributed by atoms with E-state index in [0.717, 1.165) is 0 Å². The van der Waals surface area contributed by atoms with Crippen LogP contribution in [-0.2, 0) is 19.9 Å². The van der Waals surface area contributed by atoms with E-state index in [2.05, 4.69) is 53.5 Å². The number of benzene rings is 1. The maximum absolute atomic E-state index is 4.46. The quantitative estimate of drug-likeness (QED) is 0.914. The van der Waals surface area contributed by atoms with E-state index in [-0.39, 0.29) is 0 Å². The molecule has 0 amide bonds. The lowest BCUT2D eigenvalue weighted by atomic mass is 9.92. The first-order valence-corrected chi connectivity index (χ1v) is 8.08. The molecule has 3 heteroatoms. The van der Waals surface area contributed by atoms with Gasteiger partial charge >= 0.3 is 0 Å². The molecule has 2 unspecified atom stereocenters. The molecule has 1 N–H and O–H groups in total. The number of aromatic nitrogens is 2. The predicted octanol–water partition coefficient (Wildman–Crippen LogP) is 3.38. The van der Waals surface area contributed by atoms with Gasteiger partial charge in [0.25, 0.3) is 0 Å². The van der Waals surface area contributed by atoms with Crippen LogP contribution in [0.4, 0.5) is 0 Å².